The summed E-state index contributed by atoms with van der Waals surface area (Å²) in [6.07, 6.45) is -4.16. The van der Waals surface area contributed by atoms with E-state index in [1.165, 1.54) is 6.92 Å². The molecule has 1 aliphatic carbocycles. The van der Waals surface area contributed by atoms with Gasteiger partial charge in [0.25, 0.3) is 0 Å². The van der Waals surface area contributed by atoms with Gasteiger partial charge in [-0.3, -0.25) is 4.79 Å². The average Bonchev–Trinajstić information content (AvgIpc) is 2.76. The summed E-state index contributed by atoms with van der Waals surface area (Å²) in [5.74, 6) is -0.688. The van der Waals surface area contributed by atoms with Crippen molar-refractivity contribution < 1.29 is 22.4 Å². The van der Waals surface area contributed by atoms with Crippen molar-refractivity contribution in [3.05, 3.63) is 58.5 Å². The van der Waals surface area contributed by atoms with Crippen LogP contribution in [0.3, 0.4) is 0 Å². The maximum Gasteiger partial charge on any atom is 0.420 e. The van der Waals surface area contributed by atoms with Crippen molar-refractivity contribution in [2.45, 2.75) is 31.9 Å². The molecule has 1 unspecified atom stereocenters. The Labute approximate surface area is 119 Å². The molecule has 110 valence electrons. The molecule has 0 radical (unpaired) electrons. The van der Waals surface area contributed by atoms with Crippen LogP contribution in [0.25, 0.3) is 0 Å². The van der Waals surface area contributed by atoms with E-state index in [4.69, 9.17) is 4.42 Å². The van der Waals surface area contributed by atoms with Gasteiger partial charge in [-0.15, -0.1) is 0 Å². The Hall–Kier alpha value is -2.04. The van der Waals surface area contributed by atoms with Crippen molar-refractivity contribution in [3.63, 3.8) is 0 Å². The molecular formula is C16H13F3O2. The van der Waals surface area contributed by atoms with Gasteiger partial charge in [-0.2, -0.15) is 13.2 Å². The lowest BCUT2D eigenvalue weighted by Gasteiger charge is -2.21. The summed E-state index contributed by atoms with van der Waals surface area (Å²) in [6, 6.07) is 9.32. The van der Waals surface area contributed by atoms with Crippen LogP contribution in [-0.2, 0) is 12.6 Å². The maximum atomic E-state index is 13.1. The third-order valence-electron chi connectivity index (χ3n) is 3.85. The third-order valence-corrected chi connectivity index (χ3v) is 3.85. The van der Waals surface area contributed by atoms with Gasteiger partial charge in [-0.1, -0.05) is 30.3 Å². The number of carbonyl (C=O) groups excluding carboxylic acids is 1. The van der Waals surface area contributed by atoms with E-state index in [9.17, 15) is 18.0 Å². The summed E-state index contributed by atoms with van der Waals surface area (Å²) < 4.78 is 44.4. The smallest absolute Gasteiger partial charge is 0.420 e. The summed E-state index contributed by atoms with van der Waals surface area (Å²) in [4.78, 5) is 12.2. The molecule has 2 nitrogen and oxygen atoms in total. The second-order valence-corrected chi connectivity index (χ2v) is 5.27. The molecular weight excluding hydrogens is 281 g/mol. The van der Waals surface area contributed by atoms with E-state index in [-0.39, 0.29) is 29.4 Å². The molecule has 1 atom stereocenters. The van der Waals surface area contributed by atoms with Crippen LogP contribution in [-0.4, -0.2) is 5.78 Å². The zero-order valence-corrected chi connectivity index (χ0v) is 11.3. The standard InChI is InChI=1S/C16H13F3O2/c1-9-15(16(17,18)19)14-12(20)7-11(8-13(14)21-9)10-5-3-2-4-6-10/h2-6,11H,7-8H2,1H3. The summed E-state index contributed by atoms with van der Waals surface area (Å²) in [5.41, 5.74) is -0.236. The fourth-order valence-electron chi connectivity index (χ4n) is 2.97. The number of hydrogen-bond donors (Lipinski definition) is 0. The zero-order chi connectivity index (χ0) is 15.2. The van der Waals surface area contributed by atoms with Gasteiger partial charge in [-0.25, -0.2) is 0 Å². The second kappa shape index (κ2) is 4.76. The number of hydrogen-bond acceptors (Lipinski definition) is 2. The van der Waals surface area contributed by atoms with Crippen LogP contribution in [0.5, 0.6) is 0 Å². The highest BCUT2D eigenvalue weighted by molar-refractivity contribution is 6.00. The van der Waals surface area contributed by atoms with Crippen LogP contribution in [0.15, 0.2) is 34.7 Å². The minimum absolute atomic E-state index is 0.0824. The highest BCUT2D eigenvalue weighted by atomic mass is 19.4. The first-order chi connectivity index (χ1) is 9.88. The SMILES string of the molecule is Cc1oc2c(c1C(F)(F)F)C(=O)CC(c1ccccc1)C2. The number of furan rings is 1. The molecule has 0 spiro atoms. The zero-order valence-electron chi connectivity index (χ0n) is 11.3. The van der Waals surface area contributed by atoms with Crippen LogP contribution in [0.1, 0.15) is 45.3 Å². The maximum absolute atomic E-state index is 13.1. The molecule has 0 fully saturated rings. The van der Waals surface area contributed by atoms with Gasteiger partial charge >= 0.3 is 6.18 Å². The molecule has 0 aliphatic heterocycles. The highest BCUT2D eigenvalue weighted by Gasteiger charge is 2.43. The Morgan fingerprint density at radius 3 is 2.43 bits per heavy atom. The first-order valence-corrected chi connectivity index (χ1v) is 6.65. The monoisotopic (exact) mass is 294 g/mol. The Morgan fingerprint density at radius 1 is 1.14 bits per heavy atom. The molecule has 1 heterocycles. The Morgan fingerprint density at radius 2 is 1.81 bits per heavy atom. The van der Waals surface area contributed by atoms with Crippen molar-refractivity contribution in [3.8, 4) is 0 Å². The second-order valence-electron chi connectivity index (χ2n) is 5.27. The number of halogens is 3. The van der Waals surface area contributed by atoms with Gasteiger partial charge in [0, 0.05) is 12.8 Å². The lowest BCUT2D eigenvalue weighted by Crippen LogP contribution is -2.21. The number of aryl methyl sites for hydroxylation is 1. The number of ketones is 1. The first kappa shape index (κ1) is 13.9. The topological polar surface area (TPSA) is 30.2 Å². The molecule has 1 aliphatic rings. The fourth-order valence-corrected chi connectivity index (χ4v) is 2.97. The van der Waals surface area contributed by atoms with Crippen molar-refractivity contribution >= 4 is 5.78 Å². The molecule has 1 aromatic heterocycles. The minimum Gasteiger partial charge on any atom is -0.465 e. The third kappa shape index (κ3) is 2.37. The molecule has 0 saturated heterocycles. The number of alkyl halides is 3. The largest absolute Gasteiger partial charge is 0.465 e. The van der Waals surface area contributed by atoms with E-state index in [2.05, 4.69) is 0 Å². The lowest BCUT2D eigenvalue weighted by molar-refractivity contribution is -0.138. The van der Waals surface area contributed by atoms with Gasteiger partial charge in [0.15, 0.2) is 5.78 Å². The summed E-state index contributed by atoms with van der Waals surface area (Å²) in [7, 11) is 0. The van der Waals surface area contributed by atoms with Gasteiger partial charge < -0.3 is 4.42 Å². The molecule has 0 saturated carbocycles. The van der Waals surface area contributed by atoms with Crippen LogP contribution in [0.4, 0.5) is 13.2 Å². The highest BCUT2D eigenvalue weighted by Crippen LogP contribution is 2.43. The van der Waals surface area contributed by atoms with Crippen molar-refractivity contribution in [2.75, 3.05) is 0 Å². The number of benzene rings is 1. The van der Waals surface area contributed by atoms with E-state index in [1.807, 2.05) is 30.3 Å². The molecule has 0 amide bonds. The molecule has 3 rings (SSSR count). The average molecular weight is 294 g/mol. The molecule has 21 heavy (non-hydrogen) atoms. The normalized spacial score (nSPS) is 18.7. The van der Waals surface area contributed by atoms with E-state index in [0.717, 1.165) is 5.56 Å². The number of fused-ring (bicyclic) bond motifs is 1. The number of rotatable bonds is 1. The number of Topliss-reactive ketones (excluding diaryl/α,β-unsaturated/α-hetero) is 1. The molecule has 2 aromatic rings. The van der Waals surface area contributed by atoms with Crippen LogP contribution in [0, 0.1) is 6.92 Å². The van der Waals surface area contributed by atoms with Crippen LogP contribution >= 0.6 is 0 Å². The molecule has 5 heteroatoms. The minimum atomic E-state index is -4.56. The van der Waals surface area contributed by atoms with Crippen LogP contribution in [0.2, 0.25) is 0 Å². The van der Waals surface area contributed by atoms with Gasteiger partial charge in [0.1, 0.15) is 17.1 Å². The molecule has 1 aromatic carbocycles. The van der Waals surface area contributed by atoms with Gasteiger partial charge in [-0.05, 0) is 18.4 Å². The van der Waals surface area contributed by atoms with Crippen molar-refractivity contribution in [2.24, 2.45) is 0 Å². The summed E-state index contributed by atoms with van der Waals surface area (Å²) in [5, 5.41) is 0. The summed E-state index contributed by atoms with van der Waals surface area (Å²) in [6.45, 7) is 1.26. The van der Waals surface area contributed by atoms with Gasteiger partial charge in [0.05, 0.1) is 5.56 Å². The molecule has 0 N–H and O–H groups in total. The lowest BCUT2D eigenvalue weighted by atomic mass is 9.81. The van der Waals surface area contributed by atoms with E-state index in [1.54, 1.807) is 0 Å². The Kier molecular flexibility index (Phi) is 3.15. The first-order valence-electron chi connectivity index (χ1n) is 6.65. The fraction of sp³-hybridized carbons (Fsp3) is 0.312. The predicted octanol–water partition coefficient (Wildman–Crippen LogP) is 4.52. The van der Waals surface area contributed by atoms with Gasteiger partial charge in [0.2, 0.25) is 0 Å². The van der Waals surface area contributed by atoms with E-state index < -0.39 is 17.5 Å². The van der Waals surface area contributed by atoms with E-state index in [0.29, 0.717) is 6.42 Å². The predicted molar refractivity (Wildman–Crippen MR) is 70.3 cm³/mol. The Bertz CT molecular complexity index is 684. The van der Waals surface area contributed by atoms with Crippen molar-refractivity contribution in [1.29, 1.82) is 0 Å². The number of carbonyl (C=O) groups is 1. The van der Waals surface area contributed by atoms with E-state index >= 15 is 0 Å². The molecule has 0 bridgehead atoms. The summed E-state index contributed by atoms with van der Waals surface area (Å²) >= 11 is 0. The Balaban J connectivity index is 2.04. The van der Waals surface area contributed by atoms with Crippen LogP contribution < -0.4 is 0 Å². The van der Waals surface area contributed by atoms with Crippen molar-refractivity contribution in [1.82, 2.24) is 0 Å². The quantitative estimate of drug-likeness (QED) is 0.774.